The van der Waals surface area contributed by atoms with Crippen LogP contribution in [-0.2, 0) is 0 Å². The average Bonchev–Trinajstić information content (AvgIpc) is 3.13. The first-order chi connectivity index (χ1) is 8.27. The molecule has 4 heteroatoms. The number of aromatic nitrogens is 3. The number of H-pyrrole nitrogens is 1. The molecule has 1 fully saturated rings. The number of hydrogen-bond donors (Lipinski definition) is 1. The van der Waals surface area contributed by atoms with Crippen LogP contribution in [-0.4, -0.2) is 14.8 Å². The molecule has 17 heavy (non-hydrogen) atoms. The van der Waals surface area contributed by atoms with Crippen molar-refractivity contribution in [1.29, 1.82) is 0 Å². The zero-order valence-corrected chi connectivity index (χ0v) is 10.6. The first-order valence-corrected chi connectivity index (χ1v) is 6.40. The van der Waals surface area contributed by atoms with Gasteiger partial charge in [0.25, 0.3) is 0 Å². The normalized spacial score (nSPS) is 17.0. The van der Waals surface area contributed by atoms with Gasteiger partial charge in [0.2, 0.25) is 0 Å². The minimum Gasteiger partial charge on any atom is -0.297 e. The Bertz CT molecular complexity index is 566. The van der Waals surface area contributed by atoms with E-state index in [9.17, 15) is 0 Å². The van der Waals surface area contributed by atoms with Crippen LogP contribution in [0.4, 0.5) is 0 Å². The predicted molar refractivity (Wildman–Crippen MR) is 69.6 cm³/mol. The largest absolute Gasteiger partial charge is 0.297 e. The minimum absolute atomic E-state index is 0.248. The summed E-state index contributed by atoms with van der Waals surface area (Å²) in [5, 5.41) is 7.30. The third-order valence-electron chi connectivity index (χ3n) is 3.34. The SMILES string of the molecule is C[C@H](c1ccccc1)n1c(C2CC2)n[nH]c1=S. The standard InChI is InChI=1S/C13H15N3S/c1-9(10-5-3-2-4-6-10)16-12(11-7-8-11)14-15-13(16)17/h2-6,9,11H,7-8H2,1H3,(H,15,17)/t9-/m1/s1. The minimum atomic E-state index is 0.248. The van der Waals surface area contributed by atoms with Crippen LogP contribution in [0.15, 0.2) is 30.3 Å². The zero-order valence-electron chi connectivity index (χ0n) is 9.76. The van der Waals surface area contributed by atoms with Gasteiger partial charge < -0.3 is 0 Å². The molecule has 88 valence electrons. The molecule has 2 aromatic rings. The lowest BCUT2D eigenvalue weighted by Gasteiger charge is -2.15. The molecule has 1 N–H and O–H groups in total. The maximum absolute atomic E-state index is 5.34. The van der Waals surface area contributed by atoms with Crippen LogP contribution in [0, 0.1) is 4.77 Å². The van der Waals surface area contributed by atoms with Gasteiger partial charge in [-0.15, -0.1) is 0 Å². The fourth-order valence-electron chi connectivity index (χ4n) is 2.20. The molecule has 0 saturated heterocycles. The molecular weight excluding hydrogens is 230 g/mol. The van der Waals surface area contributed by atoms with E-state index in [0.29, 0.717) is 5.92 Å². The van der Waals surface area contributed by atoms with E-state index in [0.717, 1.165) is 10.6 Å². The van der Waals surface area contributed by atoms with Gasteiger partial charge in [-0.1, -0.05) is 30.3 Å². The summed E-state index contributed by atoms with van der Waals surface area (Å²) >= 11 is 5.34. The Morgan fingerprint density at radius 3 is 2.71 bits per heavy atom. The maximum Gasteiger partial charge on any atom is 0.195 e. The maximum atomic E-state index is 5.34. The van der Waals surface area contributed by atoms with Crippen LogP contribution in [0.3, 0.4) is 0 Å². The Hall–Kier alpha value is -1.42. The van der Waals surface area contributed by atoms with Crippen molar-refractivity contribution in [1.82, 2.24) is 14.8 Å². The highest BCUT2D eigenvalue weighted by Crippen LogP contribution is 2.40. The molecule has 3 nitrogen and oxygen atoms in total. The molecule has 0 aliphatic heterocycles. The summed E-state index contributed by atoms with van der Waals surface area (Å²) in [4.78, 5) is 0. The number of aromatic amines is 1. The lowest BCUT2D eigenvalue weighted by molar-refractivity contribution is 0.595. The highest BCUT2D eigenvalue weighted by Gasteiger charge is 2.30. The van der Waals surface area contributed by atoms with Crippen molar-refractivity contribution in [3.05, 3.63) is 46.5 Å². The number of nitrogens with zero attached hydrogens (tertiary/aromatic N) is 2. The van der Waals surface area contributed by atoms with Crippen molar-refractivity contribution >= 4 is 12.2 Å². The van der Waals surface area contributed by atoms with Crippen LogP contribution in [0.25, 0.3) is 0 Å². The average molecular weight is 245 g/mol. The molecule has 1 saturated carbocycles. The van der Waals surface area contributed by atoms with E-state index in [2.05, 4.69) is 46.0 Å². The quantitative estimate of drug-likeness (QED) is 0.840. The topological polar surface area (TPSA) is 33.6 Å². The first kappa shape index (κ1) is 10.7. The molecule has 1 aliphatic rings. The van der Waals surface area contributed by atoms with Gasteiger partial charge in [0.15, 0.2) is 4.77 Å². The second-order valence-electron chi connectivity index (χ2n) is 4.62. The third-order valence-corrected chi connectivity index (χ3v) is 3.63. The van der Waals surface area contributed by atoms with Gasteiger partial charge in [-0.25, -0.2) is 0 Å². The molecule has 0 radical (unpaired) electrons. The Morgan fingerprint density at radius 1 is 1.35 bits per heavy atom. The van der Waals surface area contributed by atoms with Gasteiger partial charge in [-0.3, -0.25) is 9.67 Å². The Labute approximate surface area is 105 Å². The molecule has 0 spiro atoms. The summed E-state index contributed by atoms with van der Waals surface area (Å²) in [6.45, 7) is 2.17. The molecule has 1 heterocycles. The van der Waals surface area contributed by atoms with Gasteiger partial charge in [-0.05, 0) is 37.5 Å². The van der Waals surface area contributed by atoms with Gasteiger partial charge in [0, 0.05) is 5.92 Å². The Morgan fingerprint density at radius 2 is 2.06 bits per heavy atom. The lowest BCUT2D eigenvalue weighted by atomic mass is 10.1. The van der Waals surface area contributed by atoms with Gasteiger partial charge in [0.1, 0.15) is 5.82 Å². The van der Waals surface area contributed by atoms with Crippen molar-refractivity contribution in [2.24, 2.45) is 0 Å². The van der Waals surface area contributed by atoms with Crippen LogP contribution in [0.5, 0.6) is 0 Å². The first-order valence-electron chi connectivity index (χ1n) is 5.99. The number of nitrogens with one attached hydrogen (secondary N) is 1. The fraction of sp³-hybridized carbons (Fsp3) is 0.385. The fourth-order valence-corrected chi connectivity index (χ4v) is 2.50. The van der Waals surface area contributed by atoms with Crippen LogP contribution in [0.1, 0.15) is 43.1 Å². The molecule has 0 bridgehead atoms. The van der Waals surface area contributed by atoms with Gasteiger partial charge in [0.05, 0.1) is 6.04 Å². The van der Waals surface area contributed by atoms with Crippen LogP contribution >= 0.6 is 12.2 Å². The van der Waals surface area contributed by atoms with E-state index in [1.54, 1.807) is 0 Å². The zero-order chi connectivity index (χ0) is 11.8. The van der Waals surface area contributed by atoms with Gasteiger partial charge in [-0.2, -0.15) is 5.10 Å². The van der Waals surface area contributed by atoms with E-state index in [1.807, 2.05) is 6.07 Å². The van der Waals surface area contributed by atoms with Crippen molar-refractivity contribution in [2.75, 3.05) is 0 Å². The van der Waals surface area contributed by atoms with E-state index >= 15 is 0 Å². The van der Waals surface area contributed by atoms with E-state index < -0.39 is 0 Å². The summed E-state index contributed by atoms with van der Waals surface area (Å²) in [5.41, 5.74) is 1.27. The van der Waals surface area contributed by atoms with Crippen molar-refractivity contribution in [3.8, 4) is 0 Å². The molecule has 3 rings (SSSR count). The van der Waals surface area contributed by atoms with Crippen molar-refractivity contribution in [2.45, 2.75) is 31.7 Å². The second kappa shape index (κ2) is 4.11. The molecular formula is C13H15N3S. The highest BCUT2D eigenvalue weighted by atomic mass is 32.1. The summed E-state index contributed by atoms with van der Waals surface area (Å²) in [7, 11) is 0. The monoisotopic (exact) mass is 245 g/mol. The molecule has 1 aromatic heterocycles. The molecule has 1 aromatic carbocycles. The van der Waals surface area contributed by atoms with Crippen molar-refractivity contribution in [3.63, 3.8) is 0 Å². The molecule has 0 amide bonds. The number of rotatable bonds is 3. The number of benzene rings is 1. The van der Waals surface area contributed by atoms with Crippen LogP contribution in [0.2, 0.25) is 0 Å². The Kier molecular flexibility index (Phi) is 2.59. The van der Waals surface area contributed by atoms with E-state index in [4.69, 9.17) is 12.2 Å². The number of hydrogen-bond acceptors (Lipinski definition) is 2. The smallest absolute Gasteiger partial charge is 0.195 e. The van der Waals surface area contributed by atoms with Crippen molar-refractivity contribution < 1.29 is 0 Å². The predicted octanol–water partition coefficient (Wildman–Crippen LogP) is 3.43. The summed E-state index contributed by atoms with van der Waals surface area (Å²) in [6.07, 6.45) is 2.47. The highest BCUT2D eigenvalue weighted by molar-refractivity contribution is 7.71. The summed E-state index contributed by atoms with van der Waals surface area (Å²) < 4.78 is 2.88. The summed E-state index contributed by atoms with van der Waals surface area (Å²) in [5.74, 6) is 1.72. The molecule has 1 aliphatic carbocycles. The Balaban J connectivity index is 2.04. The van der Waals surface area contributed by atoms with Crippen LogP contribution < -0.4 is 0 Å². The second-order valence-corrected chi connectivity index (χ2v) is 5.00. The third kappa shape index (κ3) is 1.93. The lowest BCUT2D eigenvalue weighted by Crippen LogP contribution is -2.10. The molecule has 0 unspecified atom stereocenters. The summed E-state index contributed by atoms with van der Waals surface area (Å²) in [6, 6.07) is 10.7. The van der Waals surface area contributed by atoms with Gasteiger partial charge >= 0.3 is 0 Å². The molecule has 1 atom stereocenters. The van der Waals surface area contributed by atoms with E-state index in [1.165, 1.54) is 18.4 Å². The van der Waals surface area contributed by atoms with E-state index in [-0.39, 0.29) is 6.04 Å².